The molecular weight excluding hydrogens is 216 g/mol. The Kier molecular flexibility index (Phi) is 3.30. The van der Waals surface area contributed by atoms with E-state index >= 15 is 0 Å². The zero-order chi connectivity index (χ0) is 12.1. The van der Waals surface area contributed by atoms with Crippen LogP contribution in [0.4, 0.5) is 0 Å². The number of methoxy groups -OCH3 is 1. The molecule has 2 aromatic rings. The molecule has 86 valence electrons. The molecule has 0 bridgehead atoms. The van der Waals surface area contributed by atoms with Crippen molar-refractivity contribution in [2.75, 3.05) is 7.11 Å². The van der Waals surface area contributed by atoms with Crippen molar-refractivity contribution in [2.45, 2.75) is 0 Å². The molecule has 0 amide bonds. The molecule has 0 saturated heterocycles. The normalized spacial score (nSPS) is 10.6. The van der Waals surface area contributed by atoms with Crippen LogP contribution in [0.5, 0.6) is 5.75 Å². The van der Waals surface area contributed by atoms with Crippen molar-refractivity contribution < 1.29 is 4.74 Å². The van der Waals surface area contributed by atoms with E-state index in [4.69, 9.17) is 10.6 Å². The van der Waals surface area contributed by atoms with Gasteiger partial charge >= 0.3 is 0 Å². The van der Waals surface area contributed by atoms with Gasteiger partial charge in [0.1, 0.15) is 0 Å². The number of hydrazone groups is 1. The van der Waals surface area contributed by atoms with Crippen LogP contribution in [0.3, 0.4) is 0 Å². The van der Waals surface area contributed by atoms with Gasteiger partial charge in [0.2, 0.25) is 0 Å². The topological polar surface area (TPSA) is 73.4 Å². The molecule has 0 unspecified atom stereocenters. The van der Waals surface area contributed by atoms with Gasteiger partial charge in [0.25, 0.3) is 0 Å². The fourth-order valence-corrected chi connectivity index (χ4v) is 1.37. The van der Waals surface area contributed by atoms with Crippen LogP contribution >= 0.6 is 0 Å². The van der Waals surface area contributed by atoms with E-state index in [-0.39, 0.29) is 0 Å². The molecule has 1 aromatic heterocycles. The third kappa shape index (κ3) is 2.57. The highest BCUT2D eigenvalue weighted by Gasteiger charge is 2.01. The van der Waals surface area contributed by atoms with Crippen molar-refractivity contribution in [3.8, 4) is 17.1 Å². The highest BCUT2D eigenvalue weighted by atomic mass is 16.5. The summed E-state index contributed by atoms with van der Waals surface area (Å²) in [5, 5.41) is 3.46. The standard InChI is InChI=1S/C12H12N4O/c1-17-11-7-14-12(15-8-11)10-4-2-9(3-5-10)6-16-13/h2-8H,13H2,1H3. The molecule has 0 saturated carbocycles. The molecule has 1 heterocycles. The Hall–Kier alpha value is -2.43. The second kappa shape index (κ2) is 5.07. The molecule has 5 nitrogen and oxygen atoms in total. The predicted octanol–water partition coefficient (Wildman–Crippen LogP) is 1.44. The lowest BCUT2D eigenvalue weighted by Gasteiger charge is -2.02. The minimum Gasteiger partial charge on any atom is -0.494 e. The Morgan fingerprint density at radius 2 is 1.82 bits per heavy atom. The summed E-state index contributed by atoms with van der Waals surface area (Å²) in [6.45, 7) is 0. The number of hydrogen-bond donors (Lipinski definition) is 1. The fraction of sp³-hybridized carbons (Fsp3) is 0.0833. The van der Waals surface area contributed by atoms with E-state index < -0.39 is 0 Å². The van der Waals surface area contributed by atoms with Gasteiger partial charge in [0.15, 0.2) is 11.6 Å². The maximum Gasteiger partial charge on any atom is 0.159 e. The van der Waals surface area contributed by atoms with E-state index in [0.717, 1.165) is 11.1 Å². The molecule has 5 heteroatoms. The van der Waals surface area contributed by atoms with Crippen molar-refractivity contribution in [3.63, 3.8) is 0 Å². The molecular formula is C12H12N4O. The SMILES string of the molecule is COc1cnc(-c2ccc(C=NN)cc2)nc1. The summed E-state index contributed by atoms with van der Waals surface area (Å²) >= 11 is 0. The van der Waals surface area contributed by atoms with Crippen molar-refractivity contribution in [2.24, 2.45) is 10.9 Å². The first-order valence-corrected chi connectivity index (χ1v) is 5.03. The Labute approximate surface area is 99.0 Å². The summed E-state index contributed by atoms with van der Waals surface area (Å²) < 4.78 is 5.00. The molecule has 0 aliphatic rings. The van der Waals surface area contributed by atoms with Crippen LogP contribution in [-0.4, -0.2) is 23.3 Å². The van der Waals surface area contributed by atoms with Gasteiger partial charge in [-0.25, -0.2) is 9.97 Å². The van der Waals surface area contributed by atoms with Gasteiger partial charge in [0, 0.05) is 5.56 Å². The first-order chi connectivity index (χ1) is 8.33. The van der Waals surface area contributed by atoms with Crippen LogP contribution in [0, 0.1) is 0 Å². The van der Waals surface area contributed by atoms with Crippen LogP contribution in [0.2, 0.25) is 0 Å². The highest BCUT2D eigenvalue weighted by molar-refractivity contribution is 5.80. The minimum absolute atomic E-state index is 0.639. The summed E-state index contributed by atoms with van der Waals surface area (Å²) in [5.41, 5.74) is 1.87. The van der Waals surface area contributed by atoms with Gasteiger partial charge in [-0.1, -0.05) is 24.3 Å². The van der Waals surface area contributed by atoms with E-state index in [0.29, 0.717) is 11.6 Å². The summed E-state index contributed by atoms with van der Waals surface area (Å²) in [7, 11) is 1.58. The Balaban J connectivity index is 2.26. The average molecular weight is 228 g/mol. The number of nitrogens with zero attached hydrogens (tertiary/aromatic N) is 3. The average Bonchev–Trinajstić information content (AvgIpc) is 2.40. The molecule has 2 N–H and O–H groups in total. The van der Waals surface area contributed by atoms with E-state index in [1.807, 2.05) is 24.3 Å². The summed E-state index contributed by atoms with van der Waals surface area (Å²) in [6, 6.07) is 7.64. The zero-order valence-electron chi connectivity index (χ0n) is 9.37. The lowest BCUT2D eigenvalue weighted by atomic mass is 10.1. The summed E-state index contributed by atoms with van der Waals surface area (Å²) in [6.07, 6.45) is 4.85. The minimum atomic E-state index is 0.639. The number of benzene rings is 1. The predicted molar refractivity (Wildman–Crippen MR) is 65.8 cm³/mol. The van der Waals surface area contributed by atoms with E-state index in [1.54, 1.807) is 25.7 Å². The first-order valence-electron chi connectivity index (χ1n) is 5.03. The fourth-order valence-electron chi connectivity index (χ4n) is 1.37. The molecule has 17 heavy (non-hydrogen) atoms. The lowest BCUT2D eigenvalue weighted by Crippen LogP contribution is -1.91. The Morgan fingerprint density at radius 3 is 2.35 bits per heavy atom. The van der Waals surface area contributed by atoms with Gasteiger partial charge in [-0.05, 0) is 5.56 Å². The third-order valence-corrected chi connectivity index (χ3v) is 2.26. The maximum atomic E-state index is 5.07. The van der Waals surface area contributed by atoms with Crippen molar-refractivity contribution in [1.29, 1.82) is 0 Å². The highest BCUT2D eigenvalue weighted by Crippen LogP contribution is 2.16. The van der Waals surface area contributed by atoms with Gasteiger partial charge in [-0.15, -0.1) is 0 Å². The molecule has 0 radical (unpaired) electrons. The van der Waals surface area contributed by atoms with Crippen LogP contribution in [-0.2, 0) is 0 Å². The molecule has 0 fully saturated rings. The Morgan fingerprint density at radius 1 is 1.18 bits per heavy atom. The van der Waals surface area contributed by atoms with E-state index in [9.17, 15) is 0 Å². The zero-order valence-corrected chi connectivity index (χ0v) is 9.37. The quantitative estimate of drug-likeness (QED) is 0.490. The molecule has 0 atom stereocenters. The summed E-state index contributed by atoms with van der Waals surface area (Å²) in [5.74, 6) is 6.37. The second-order valence-electron chi connectivity index (χ2n) is 3.35. The number of rotatable bonds is 3. The van der Waals surface area contributed by atoms with Crippen LogP contribution < -0.4 is 10.6 Å². The number of aromatic nitrogens is 2. The van der Waals surface area contributed by atoms with E-state index in [2.05, 4.69) is 15.1 Å². The van der Waals surface area contributed by atoms with E-state index in [1.165, 1.54) is 0 Å². The van der Waals surface area contributed by atoms with Crippen LogP contribution in [0.25, 0.3) is 11.4 Å². The second-order valence-corrected chi connectivity index (χ2v) is 3.35. The molecule has 0 aliphatic heterocycles. The van der Waals surface area contributed by atoms with Crippen LogP contribution in [0.15, 0.2) is 41.8 Å². The van der Waals surface area contributed by atoms with Gasteiger partial charge < -0.3 is 10.6 Å². The lowest BCUT2D eigenvalue weighted by molar-refractivity contribution is 0.411. The van der Waals surface area contributed by atoms with Gasteiger partial charge in [-0.2, -0.15) is 5.10 Å². The van der Waals surface area contributed by atoms with Crippen molar-refractivity contribution >= 4 is 6.21 Å². The third-order valence-electron chi connectivity index (χ3n) is 2.26. The molecule has 2 rings (SSSR count). The Bertz CT molecular complexity index is 505. The number of nitrogens with two attached hydrogens (primary N) is 1. The molecule has 1 aromatic carbocycles. The molecule has 0 spiro atoms. The smallest absolute Gasteiger partial charge is 0.159 e. The van der Waals surface area contributed by atoms with Gasteiger partial charge in [-0.3, -0.25) is 0 Å². The molecule has 0 aliphatic carbocycles. The summed E-state index contributed by atoms with van der Waals surface area (Å²) in [4.78, 5) is 8.40. The maximum absolute atomic E-state index is 5.07. The largest absolute Gasteiger partial charge is 0.494 e. The van der Waals surface area contributed by atoms with Crippen molar-refractivity contribution in [1.82, 2.24) is 9.97 Å². The van der Waals surface area contributed by atoms with Crippen LogP contribution in [0.1, 0.15) is 5.56 Å². The van der Waals surface area contributed by atoms with Crippen molar-refractivity contribution in [3.05, 3.63) is 42.2 Å². The monoisotopic (exact) mass is 228 g/mol. The number of ether oxygens (including phenoxy) is 1. The number of hydrogen-bond acceptors (Lipinski definition) is 5. The first kappa shape index (κ1) is 11.1. The van der Waals surface area contributed by atoms with Gasteiger partial charge in [0.05, 0.1) is 25.7 Å².